The van der Waals surface area contributed by atoms with E-state index in [-0.39, 0.29) is 17.5 Å². The van der Waals surface area contributed by atoms with Gasteiger partial charge >= 0.3 is 0 Å². The summed E-state index contributed by atoms with van der Waals surface area (Å²) in [5.74, 6) is -0.665. The average molecular weight is 493 g/mol. The van der Waals surface area contributed by atoms with Crippen molar-refractivity contribution >= 4 is 51.5 Å². The van der Waals surface area contributed by atoms with E-state index in [1.54, 1.807) is 49.4 Å². The monoisotopic (exact) mass is 492 g/mol. The third kappa shape index (κ3) is 3.49. The number of aromatic nitrogens is 3. The minimum atomic E-state index is -0.494. The summed E-state index contributed by atoms with van der Waals surface area (Å²) in [5, 5.41) is 12.7. The van der Waals surface area contributed by atoms with Crippen LogP contribution in [0.1, 0.15) is 44.3 Å². The highest BCUT2D eigenvalue weighted by molar-refractivity contribution is 8.00. The van der Waals surface area contributed by atoms with Gasteiger partial charge in [-0.05, 0) is 49.7 Å². The number of carbonyl (C=O) groups excluding carboxylic acids is 3. The fraction of sp³-hybridized carbons (Fsp3) is 0.107. The molecule has 176 valence electrons. The zero-order chi connectivity index (χ0) is 25.0. The van der Waals surface area contributed by atoms with E-state index in [2.05, 4.69) is 21.6 Å². The first-order chi connectivity index (χ1) is 17.4. The third-order valence-corrected chi connectivity index (χ3v) is 7.46. The summed E-state index contributed by atoms with van der Waals surface area (Å²) in [5.41, 5.74) is 4.68. The standard InChI is InChI=1S/C28H20N4O3S/c1-15-13-24-30-31-28(32(24)23-10-6-5-7-18(15)23)36-16(2)27(35)29-17-11-12-21-22(14-17)26(34)20-9-4-3-8-19(20)25(21)33/h3-14,16H,1-2H3,(H,29,35). The van der Waals surface area contributed by atoms with Gasteiger partial charge in [0.1, 0.15) is 0 Å². The van der Waals surface area contributed by atoms with Crippen molar-refractivity contribution in [3.8, 4) is 0 Å². The molecule has 1 atom stereocenters. The number of nitrogens with zero attached hydrogens (tertiary/aromatic N) is 3. The minimum Gasteiger partial charge on any atom is -0.325 e. The van der Waals surface area contributed by atoms with E-state index in [9.17, 15) is 14.4 Å². The second-order valence-electron chi connectivity index (χ2n) is 8.73. The molecule has 3 aromatic carbocycles. The second-order valence-corrected chi connectivity index (χ2v) is 10.0. The van der Waals surface area contributed by atoms with E-state index in [1.807, 2.05) is 35.6 Å². The molecule has 1 N–H and O–H groups in total. The maximum atomic E-state index is 13.1. The van der Waals surface area contributed by atoms with Gasteiger partial charge in [-0.2, -0.15) is 0 Å². The Morgan fingerprint density at radius 1 is 0.861 bits per heavy atom. The van der Waals surface area contributed by atoms with E-state index in [0.29, 0.717) is 33.1 Å². The molecule has 7 nitrogen and oxygen atoms in total. The second kappa shape index (κ2) is 8.42. The number of hydrogen-bond donors (Lipinski definition) is 1. The zero-order valence-electron chi connectivity index (χ0n) is 19.5. The number of benzene rings is 3. The number of anilines is 1. The summed E-state index contributed by atoms with van der Waals surface area (Å²) >= 11 is 1.30. The molecule has 0 fully saturated rings. The summed E-state index contributed by atoms with van der Waals surface area (Å²) in [6.45, 7) is 3.83. The Kier molecular flexibility index (Phi) is 5.19. The van der Waals surface area contributed by atoms with Crippen LogP contribution in [-0.4, -0.2) is 37.3 Å². The molecule has 1 aliphatic carbocycles. The van der Waals surface area contributed by atoms with Crippen LogP contribution in [0.2, 0.25) is 0 Å². The summed E-state index contributed by atoms with van der Waals surface area (Å²) in [4.78, 5) is 38.9. The molecule has 8 heteroatoms. The Morgan fingerprint density at radius 3 is 2.31 bits per heavy atom. The van der Waals surface area contributed by atoms with Gasteiger partial charge in [-0.15, -0.1) is 10.2 Å². The maximum Gasteiger partial charge on any atom is 0.237 e. The zero-order valence-corrected chi connectivity index (χ0v) is 20.3. The number of para-hydroxylation sites is 1. The molecule has 0 spiro atoms. The van der Waals surface area contributed by atoms with Gasteiger partial charge in [0.2, 0.25) is 5.91 Å². The molecule has 0 bridgehead atoms. The lowest BCUT2D eigenvalue weighted by molar-refractivity contribution is -0.115. The normalized spacial score (nSPS) is 13.5. The molecule has 5 aromatic rings. The van der Waals surface area contributed by atoms with Crippen LogP contribution in [-0.2, 0) is 4.79 Å². The van der Waals surface area contributed by atoms with Gasteiger partial charge in [0.25, 0.3) is 0 Å². The fourth-order valence-corrected chi connectivity index (χ4v) is 5.45. The SMILES string of the molecule is Cc1cc2nnc(SC(C)C(=O)Nc3ccc4c(c3)C(=O)c3ccccc3C4=O)n2c2ccccc12. The quantitative estimate of drug-likeness (QED) is 0.345. The molecule has 0 saturated carbocycles. The molecule has 2 heterocycles. The van der Waals surface area contributed by atoms with Gasteiger partial charge in [-0.1, -0.05) is 54.2 Å². The molecular formula is C28H20N4O3S. The van der Waals surface area contributed by atoms with Crippen molar-refractivity contribution in [2.24, 2.45) is 0 Å². The Hall–Kier alpha value is -4.30. The first-order valence-electron chi connectivity index (χ1n) is 11.5. The number of carbonyl (C=O) groups is 3. The van der Waals surface area contributed by atoms with Crippen molar-refractivity contribution in [2.75, 3.05) is 5.32 Å². The predicted octanol–water partition coefficient (Wildman–Crippen LogP) is 5.09. The summed E-state index contributed by atoms with van der Waals surface area (Å²) < 4.78 is 1.96. The highest BCUT2D eigenvalue weighted by Gasteiger charge is 2.29. The van der Waals surface area contributed by atoms with Gasteiger partial charge in [0.05, 0.1) is 10.8 Å². The number of fused-ring (bicyclic) bond motifs is 5. The minimum absolute atomic E-state index is 0.192. The van der Waals surface area contributed by atoms with Crippen molar-refractivity contribution in [2.45, 2.75) is 24.3 Å². The molecular weight excluding hydrogens is 472 g/mol. The fourth-order valence-electron chi connectivity index (χ4n) is 4.58. The number of pyridine rings is 1. The van der Waals surface area contributed by atoms with Crippen molar-refractivity contribution in [3.63, 3.8) is 0 Å². The van der Waals surface area contributed by atoms with Gasteiger partial charge in [0.15, 0.2) is 22.4 Å². The molecule has 1 unspecified atom stereocenters. The first kappa shape index (κ1) is 22.2. The number of aryl methyl sites for hydroxylation is 1. The third-order valence-electron chi connectivity index (χ3n) is 6.42. The predicted molar refractivity (Wildman–Crippen MR) is 139 cm³/mol. The van der Waals surface area contributed by atoms with Crippen LogP contribution < -0.4 is 5.32 Å². The Balaban J connectivity index is 1.26. The number of hydrogen-bond acceptors (Lipinski definition) is 6. The van der Waals surface area contributed by atoms with Crippen molar-refractivity contribution in [3.05, 3.63) is 101 Å². The molecule has 2 aromatic heterocycles. The van der Waals surface area contributed by atoms with E-state index in [0.717, 1.165) is 22.1 Å². The smallest absolute Gasteiger partial charge is 0.237 e. The van der Waals surface area contributed by atoms with Crippen LogP contribution in [0.3, 0.4) is 0 Å². The number of nitrogens with one attached hydrogen (secondary N) is 1. The lowest BCUT2D eigenvalue weighted by Gasteiger charge is -2.18. The highest BCUT2D eigenvalue weighted by atomic mass is 32.2. The summed E-state index contributed by atoms with van der Waals surface area (Å²) in [7, 11) is 0. The van der Waals surface area contributed by atoms with Crippen molar-refractivity contribution < 1.29 is 14.4 Å². The maximum absolute atomic E-state index is 13.1. The lowest BCUT2D eigenvalue weighted by Crippen LogP contribution is -2.24. The van der Waals surface area contributed by atoms with Crippen LogP contribution in [0, 0.1) is 6.92 Å². The van der Waals surface area contributed by atoms with Crippen molar-refractivity contribution in [1.82, 2.24) is 14.6 Å². The van der Waals surface area contributed by atoms with E-state index in [4.69, 9.17) is 0 Å². The molecule has 36 heavy (non-hydrogen) atoms. The molecule has 6 rings (SSSR count). The molecule has 0 aliphatic heterocycles. The number of ketones is 2. The molecule has 0 saturated heterocycles. The first-order valence-corrected chi connectivity index (χ1v) is 12.3. The van der Waals surface area contributed by atoms with Gasteiger partial charge in [0, 0.05) is 33.3 Å². The lowest BCUT2D eigenvalue weighted by atomic mass is 9.84. The molecule has 1 amide bonds. The van der Waals surface area contributed by atoms with E-state index < -0.39 is 5.25 Å². The Bertz CT molecular complexity index is 1740. The number of rotatable bonds is 4. The summed E-state index contributed by atoms with van der Waals surface area (Å²) in [6, 6.07) is 21.6. The Labute approximate surface area is 210 Å². The van der Waals surface area contributed by atoms with Crippen LogP contribution in [0.25, 0.3) is 16.6 Å². The van der Waals surface area contributed by atoms with Crippen LogP contribution in [0.4, 0.5) is 5.69 Å². The largest absolute Gasteiger partial charge is 0.325 e. The average Bonchev–Trinajstić information content (AvgIpc) is 3.29. The van der Waals surface area contributed by atoms with Crippen LogP contribution >= 0.6 is 11.8 Å². The summed E-state index contributed by atoms with van der Waals surface area (Å²) in [6.07, 6.45) is 0. The van der Waals surface area contributed by atoms with Crippen LogP contribution in [0.15, 0.2) is 78.0 Å². The van der Waals surface area contributed by atoms with Crippen LogP contribution in [0.5, 0.6) is 0 Å². The Morgan fingerprint density at radius 2 is 1.53 bits per heavy atom. The topological polar surface area (TPSA) is 93.4 Å². The van der Waals surface area contributed by atoms with E-state index >= 15 is 0 Å². The molecule has 0 radical (unpaired) electrons. The van der Waals surface area contributed by atoms with Gasteiger partial charge in [-0.25, -0.2) is 0 Å². The van der Waals surface area contributed by atoms with Crippen molar-refractivity contribution in [1.29, 1.82) is 0 Å². The highest BCUT2D eigenvalue weighted by Crippen LogP contribution is 2.31. The van der Waals surface area contributed by atoms with Gasteiger partial charge < -0.3 is 5.32 Å². The number of thioether (sulfide) groups is 1. The number of amides is 1. The van der Waals surface area contributed by atoms with E-state index in [1.165, 1.54) is 11.8 Å². The van der Waals surface area contributed by atoms with Gasteiger partial charge in [-0.3, -0.25) is 18.8 Å². The molecule has 1 aliphatic rings.